The average molecular weight is 871 g/mol. The maximum absolute atomic E-state index is 15.0. The third-order valence-corrected chi connectivity index (χ3v) is 10.2. The highest BCUT2D eigenvalue weighted by Crippen LogP contribution is 2.36. The standard InChI is InChI=1S/C21H21F3N6O2.C21H21FN6O3/c1-31-14-4-2-13(3-5-14)21(23,24)17-10-18(28-12-27-17)30-8-6-15(7-9-30)32-20-26-11-16(22)19(25)29-20;1-30-14-4-2-13(3-5-14)19(29)17-10-18(26-12-25-17)28-8-6-15(7-9-28)31-21-24-11-16(22)20(23)27-21/h2-5,10-12,15H,6-9H2,1H3,(H2,25,26,29);2-5,10-12,15H,6-9H2,1H3,(H2,23,24,27). The number of carbonyl (C=O) groups is 1. The molecule has 21 heteroatoms. The molecule has 0 bridgehead atoms. The van der Waals surface area contributed by atoms with E-state index in [1.54, 1.807) is 37.4 Å². The van der Waals surface area contributed by atoms with E-state index in [0.29, 0.717) is 86.3 Å². The van der Waals surface area contributed by atoms with Crippen molar-refractivity contribution in [2.75, 3.05) is 61.7 Å². The van der Waals surface area contributed by atoms with Gasteiger partial charge in [0, 0.05) is 75.1 Å². The summed E-state index contributed by atoms with van der Waals surface area (Å²) in [6, 6.07) is 15.5. The van der Waals surface area contributed by atoms with E-state index in [4.69, 9.17) is 30.4 Å². The van der Waals surface area contributed by atoms with Gasteiger partial charge in [0.15, 0.2) is 23.3 Å². The Balaban J connectivity index is 0.000000189. The van der Waals surface area contributed by atoms with E-state index in [1.165, 1.54) is 43.8 Å². The number of nitrogens with zero attached hydrogens (tertiary/aromatic N) is 10. The zero-order chi connectivity index (χ0) is 44.5. The number of nitrogen functional groups attached to an aromatic ring is 2. The highest BCUT2D eigenvalue weighted by atomic mass is 19.3. The second-order valence-electron chi connectivity index (χ2n) is 14.3. The van der Waals surface area contributed by atoms with Gasteiger partial charge in [-0.05, 0) is 48.5 Å². The molecule has 0 radical (unpaired) electrons. The first-order valence-electron chi connectivity index (χ1n) is 19.6. The molecule has 2 aliphatic rings. The van der Waals surface area contributed by atoms with Crippen LogP contribution in [0.15, 0.2) is 85.7 Å². The molecule has 17 nitrogen and oxygen atoms in total. The highest BCUT2D eigenvalue weighted by molar-refractivity contribution is 6.08. The van der Waals surface area contributed by atoms with Crippen LogP contribution in [0.1, 0.15) is 53.0 Å². The first-order chi connectivity index (χ1) is 30.4. The molecule has 0 atom stereocenters. The van der Waals surface area contributed by atoms with E-state index in [9.17, 15) is 13.6 Å². The molecule has 0 spiro atoms. The van der Waals surface area contributed by atoms with Crippen LogP contribution in [0.25, 0.3) is 0 Å². The molecule has 328 valence electrons. The van der Waals surface area contributed by atoms with Gasteiger partial charge in [0.05, 0.1) is 26.6 Å². The molecule has 0 saturated carbocycles. The van der Waals surface area contributed by atoms with Crippen molar-refractivity contribution in [1.29, 1.82) is 0 Å². The van der Waals surface area contributed by atoms with Crippen LogP contribution in [-0.4, -0.2) is 98.3 Å². The number of hydrogen-bond acceptors (Lipinski definition) is 17. The minimum atomic E-state index is -3.29. The number of ether oxygens (including phenoxy) is 4. The first kappa shape index (κ1) is 43.6. The third-order valence-electron chi connectivity index (χ3n) is 10.2. The summed E-state index contributed by atoms with van der Waals surface area (Å²) in [5.74, 6) is -3.12. The van der Waals surface area contributed by atoms with Gasteiger partial charge in [-0.2, -0.15) is 18.7 Å². The summed E-state index contributed by atoms with van der Waals surface area (Å²) in [4.78, 5) is 48.3. The topological polar surface area (TPSA) is 216 Å². The van der Waals surface area contributed by atoms with Gasteiger partial charge in [-0.3, -0.25) is 4.79 Å². The monoisotopic (exact) mass is 870 g/mol. The van der Waals surface area contributed by atoms with Gasteiger partial charge in [0.25, 0.3) is 0 Å². The molecule has 8 rings (SSSR count). The molecule has 4 aromatic heterocycles. The summed E-state index contributed by atoms with van der Waals surface area (Å²) < 4.78 is 78.0. The SMILES string of the molecule is COc1ccc(C(=O)c2cc(N3CCC(Oc4ncc(F)c(N)n4)CC3)ncn2)cc1.COc1ccc(C(F)(F)c2cc(N3CCC(Oc4ncc(F)c(N)n4)CC3)ncn2)cc1. The second kappa shape index (κ2) is 19.5. The van der Waals surface area contributed by atoms with Crippen molar-refractivity contribution >= 4 is 29.1 Å². The average Bonchev–Trinajstić information content (AvgIpc) is 3.32. The van der Waals surface area contributed by atoms with Crippen LogP contribution in [0, 0.1) is 11.6 Å². The van der Waals surface area contributed by atoms with Crippen molar-refractivity contribution in [2.24, 2.45) is 0 Å². The van der Waals surface area contributed by atoms with Crippen molar-refractivity contribution in [1.82, 2.24) is 39.9 Å². The van der Waals surface area contributed by atoms with Crippen LogP contribution >= 0.6 is 0 Å². The van der Waals surface area contributed by atoms with E-state index in [-0.39, 0.29) is 52.9 Å². The van der Waals surface area contributed by atoms with Gasteiger partial charge in [-0.1, -0.05) is 0 Å². The number of alkyl halides is 2. The van der Waals surface area contributed by atoms with Crippen LogP contribution in [0.5, 0.6) is 23.5 Å². The summed E-state index contributed by atoms with van der Waals surface area (Å²) in [6.45, 7) is 2.36. The zero-order valence-electron chi connectivity index (χ0n) is 34.1. The number of halogens is 4. The Morgan fingerprint density at radius 3 is 1.59 bits per heavy atom. The summed E-state index contributed by atoms with van der Waals surface area (Å²) in [7, 11) is 3.05. The predicted molar refractivity (Wildman–Crippen MR) is 221 cm³/mol. The van der Waals surface area contributed by atoms with Gasteiger partial charge in [-0.25, -0.2) is 38.7 Å². The fourth-order valence-electron chi connectivity index (χ4n) is 6.72. The van der Waals surface area contributed by atoms with Crippen LogP contribution in [0.2, 0.25) is 0 Å². The normalized spacial score (nSPS) is 14.6. The molecular formula is C42H42F4N12O5. The Kier molecular flexibility index (Phi) is 13.5. The minimum absolute atomic E-state index is 0.00538. The Labute approximate surface area is 358 Å². The van der Waals surface area contributed by atoms with Crippen molar-refractivity contribution < 1.29 is 41.3 Å². The molecule has 2 saturated heterocycles. The minimum Gasteiger partial charge on any atom is -0.497 e. The van der Waals surface area contributed by atoms with E-state index >= 15 is 8.78 Å². The maximum atomic E-state index is 15.0. The number of aromatic nitrogens is 8. The highest BCUT2D eigenvalue weighted by Gasteiger charge is 2.37. The van der Waals surface area contributed by atoms with Gasteiger partial charge >= 0.3 is 17.9 Å². The van der Waals surface area contributed by atoms with Gasteiger partial charge in [0.2, 0.25) is 5.78 Å². The lowest BCUT2D eigenvalue weighted by Crippen LogP contribution is -2.39. The molecule has 6 aromatic rings. The van der Waals surface area contributed by atoms with Crippen molar-refractivity contribution in [3.8, 4) is 23.5 Å². The molecule has 0 amide bonds. The number of carbonyl (C=O) groups excluding carboxylic acids is 1. The Bertz CT molecular complexity index is 2490. The third kappa shape index (κ3) is 10.7. The van der Waals surface area contributed by atoms with Crippen LogP contribution in [0.4, 0.5) is 40.8 Å². The Hall–Kier alpha value is -7.45. The molecule has 4 N–H and O–H groups in total. The number of nitrogens with two attached hydrogens (primary N) is 2. The Morgan fingerprint density at radius 1 is 0.651 bits per heavy atom. The van der Waals surface area contributed by atoms with Crippen LogP contribution < -0.4 is 40.2 Å². The molecule has 6 heterocycles. The maximum Gasteiger partial charge on any atom is 0.318 e. The summed E-state index contributed by atoms with van der Waals surface area (Å²) >= 11 is 0. The largest absolute Gasteiger partial charge is 0.497 e. The summed E-state index contributed by atoms with van der Waals surface area (Å²) in [5, 5.41) is 0. The lowest BCUT2D eigenvalue weighted by atomic mass is 10.0. The summed E-state index contributed by atoms with van der Waals surface area (Å²) in [6.07, 6.45) is 6.68. The molecule has 0 aliphatic carbocycles. The van der Waals surface area contributed by atoms with Crippen molar-refractivity contribution in [3.63, 3.8) is 0 Å². The molecule has 2 aromatic carbocycles. The number of anilines is 4. The van der Waals surface area contributed by atoms with Gasteiger partial charge in [0.1, 0.15) is 59.4 Å². The van der Waals surface area contributed by atoms with E-state index in [2.05, 4.69) is 44.8 Å². The zero-order valence-corrected chi connectivity index (χ0v) is 34.1. The quantitative estimate of drug-likeness (QED) is 0.115. The predicted octanol–water partition coefficient (Wildman–Crippen LogP) is 5.46. The van der Waals surface area contributed by atoms with E-state index in [1.807, 2.05) is 4.90 Å². The van der Waals surface area contributed by atoms with Gasteiger partial charge < -0.3 is 40.2 Å². The molecule has 63 heavy (non-hydrogen) atoms. The molecular weight excluding hydrogens is 829 g/mol. The Morgan fingerprint density at radius 2 is 1.11 bits per heavy atom. The second-order valence-corrected chi connectivity index (χ2v) is 14.3. The fraction of sp³-hybridized carbons (Fsp3) is 0.310. The van der Waals surface area contributed by atoms with Crippen LogP contribution in [-0.2, 0) is 5.92 Å². The van der Waals surface area contributed by atoms with Crippen molar-refractivity contribution in [3.05, 3.63) is 120 Å². The number of methoxy groups -OCH3 is 2. The molecule has 2 aliphatic heterocycles. The number of piperidine rings is 2. The van der Waals surface area contributed by atoms with E-state index in [0.717, 1.165) is 18.7 Å². The summed E-state index contributed by atoms with van der Waals surface area (Å²) in [5.41, 5.74) is 11.2. The van der Waals surface area contributed by atoms with Gasteiger partial charge in [-0.15, -0.1) is 0 Å². The van der Waals surface area contributed by atoms with Crippen molar-refractivity contribution in [2.45, 2.75) is 43.8 Å². The lowest BCUT2D eigenvalue weighted by molar-refractivity contribution is 0.0378. The number of ketones is 1. The fourth-order valence-corrected chi connectivity index (χ4v) is 6.72. The first-order valence-corrected chi connectivity index (χ1v) is 19.6. The number of hydrogen-bond donors (Lipinski definition) is 2. The molecule has 2 fully saturated rings. The van der Waals surface area contributed by atoms with Crippen LogP contribution in [0.3, 0.4) is 0 Å². The smallest absolute Gasteiger partial charge is 0.318 e. The van der Waals surface area contributed by atoms with E-state index < -0.39 is 17.6 Å². The molecule has 0 unspecified atom stereocenters. The number of benzene rings is 2. The number of rotatable bonds is 12. The lowest BCUT2D eigenvalue weighted by Gasteiger charge is -2.32.